The minimum atomic E-state index is -0.0869. The van der Waals surface area contributed by atoms with Crippen molar-refractivity contribution < 1.29 is 0 Å². The van der Waals surface area contributed by atoms with Crippen molar-refractivity contribution in [3.8, 4) is 0 Å². The average molecular weight is 377 g/mol. The van der Waals surface area contributed by atoms with Crippen LogP contribution >= 0.6 is 43.2 Å². The molecule has 0 aliphatic heterocycles. The van der Waals surface area contributed by atoms with Crippen LogP contribution in [0.5, 0.6) is 0 Å². The van der Waals surface area contributed by atoms with Crippen molar-refractivity contribution in [2.45, 2.75) is 13.0 Å². The number of rotatable bonds is 3. The Kier molecular flexibility index (Phi) is 4.32. The first kappa shape index (κ1) is 13.2. The standard InChI is InChI=1S/C11H11Br2N3S/c1-6-2-3-9(17-6)11(16-14)10-8(13)4-7(12)5-15-10/h2-5,11,16H,14H2,1H3. The summed E-state index contributed by atoms with van der Waals surface area (Å²) in [6.45, 7) is 2.08. The predicted octanol–water partition coefficient (Wildman–Crippen LogP) is 3.53. The number of hydrazine groups is 1. The van der Waals surface area contributed by atoms with E-state index in [9.17, 15) is 0 Å². The SMILES string of the molecule is Cc1ccc(C(NN)c2ncc(Br)cc2Br)s1. The molecule has 0 saturated heterocycles. The minimum Gasteiger partial charge on any atom is -0.270 e. The highest BCUT2D eigenvalue weighted by molar-refractivity contribution is 9.11. The smallest absolute Gasteiger partial charge is 0.0984 e. The Balaban J connectivity index is 2.42. The van der Waals surface area contributed by atoms with Gasteiger partial charge in [0.15, 0.2) is 0 Å². The zero-order valence-electron chi connectivity index (χ0n) is 9.08. The summed E-state index contributed by atoms with van der Waals surface area (Å²) >= 11 is 8.61. The quantitative estimate of drug-likeness (QED) is 0.636. The first-order chi connectivity index (χ1) is 8.11. The summed E-state index contributed by atoms with van der Waals surface area (Å²) in [7, 11) is 0. The van der Waals surface area contributed by atoms with E-state index in [2.05, 4.69) is 61.3 Å². The fourth-order valence-electron chi connectivity index (χ4n) is 1.54. The molecule has 2 heterocycles. The Morgan fingerprint density at radius 1 is 1.41 bits per heavy atom. The van der Waals surface area contributed by atoms with Gasteiger partial charge < -0.3 is 0 Å². The van der Waals surface area contributed by atoms with E-state index in [1.165, 1.54) is 4.88 Å². The van der Waals surface area contributed by atoms with Gasteiger partial charge in [0.1, 0.15) is 0 Å². The Morgan fingerprint density at radius 2 is 2.18 bits per heavy atom. The predicted molar refractivity (Wildman–Crippen MR) is 77.9 cm³/mol. The molecule has 0 radical (unpaired) electrons. The molecule has 1 unspecified atom stereocenters. The number of nitrogens with one attached hydrogen (secondary N) is 1. The van der Waals surface area contributed by atoms with Gasteiger partial charge in [0.25, 0.3) is 0 Å². The lowest BCUT2D eigenvalue weighted by Gasteiger charge is -2.15. The van der Waals surface area contributed by atoms with Crippen LogP contribution in [0.2, 0.25) is 0 Å². The average Bonchev–Trinajstić information content (AvgIpc) is 2.69. The monoisotopic (exact) mass is 375 g/mol. The molecule has 2 aromatic heterocycles. The van der Waals surface area contributed by atoms with Gasteiger partial charge >= 0.3 is 0 Å². The molecule has 6 heteroatoms. The lowest BCUT2D eigenvalue weighted by atomic mass is 10.1. The second-order valence-corrected chi connectivity index (χ2v) is 6.66. The van der Waals surface area contributed by atoms with Gasteiger partial charge in [-0.1, -0.05) is 0 Å². The summed E-state index contributed by atoms with van der Waals surface area (Å²) in [6.07, 6.45) is 1.77. The molecule has 0 aromatic carbocycles. The van der Waals surface area contributed by atoms with E-state index in [1.54, 1.807) is 17.5 Å². The maximum Gasteiger partial charge on any atom is 0.0984 e. The number of nitrogens with two attached hydrogens (primary N) is 1. The van der Waals surface area contributed by atoms with E-state index >= 15 is 0 Å². The van der Waals surface area contributed by atoms with Gasteiger partial charge in [-0.15, -0.1) is 11.3 Å². The molecule has 3 N–H and O–H groups in total. The largest absolute Gasteiger partial charge is 0.270 e. The zero-order chi connectivity index (χ0) is 12.4. The van der Waals surface area contributed by atoms with E-state index in [-0.39, 0.29) is 6.04 Å². The summed E-state index contributed by atoms with van der Waals surface area (Å²) in [6, 6.07) is 6.03. The molecule has 0 amide bonds. The summed E-state index contributed by atoms with van der Waals surface area (Å²) in [5.74, 6) is 5.64. The van der Waals surface area contributed by atoms with Gasteiger partial charge in [0.2, 0.25) is 0 Å². The molecular formula is C11H11Br2N3S. The fraction of sp³-hybridized carbons (Fsp3) is 0.182. The topological polar surface area (TPSA) is 50.9 Å². The van der Waals surface area contributed by atoms with Crippen LogP contribution in [-0.2, 0) is 0 Å². The van der Waals surface area contributed by atoms with Gasteiger partial charge in [-0.05, 0) is 57.0 Å². The van der Waals surface area contributed by atoms with E-state index in [0.717, 1.165) is 19.5 Å². The van der Waals surface area contributed by atoms with Crippen molar-refractivity contribution >= 4 is 43.2 Å². The van der Waals surface area contributed by atoms with E-state index in [4.69, 9.17) is 5.84 Å². The minimum absolute atomic E-state index is 0.0869. The lowest BCUT2D eigenvalue weighted by molar-refractivity contribution is 0.627. The van der Waals surface area contributed by atoms with Crippen LogP contribution < -0.4 is 11.3 Å². The van der Waals surface area contributed by atoms with Crippen LogP contribution in [-0.4, -0.2) is 4.98 Å². The number of hydrogen-bond acceptors (Lipinski definition) is 4. The molecule has 0 aliphatic carbocycles. The van der Waals surface area contributed by atoms with Crippen molar-refractivity contribution in [1.82, 2.24) is 10.4 Å². The van der Waals surface area contributed by atoms with Crippen LogP contribution in [0.1, 0.15) is 21.5 Å². The highest BCUT2D eigenvalue weighted by atomic mass is 79.9. The zero-order valence-corrected chi connectivity index (χ0v) is 13.1. The van der Waals surface area contributed by atoms with Gasteiger partial charge in [-0.3, -0.25) is 10.8 Å². The number of halogens is 2. The van der Waals surface area contributed by atoms with Gasteiger partial charge in [-0.2, -0.15) is 0 Å². The third kappa shape index (κ3) is 2.95. The first-order valence-corrected chi connectivity index (χ1v) is 7.35. The lowest BCUT2D eigenvalue weighted by Crippen LogP contribution is -2.29. The number of aryl methyl sites for hydroxylation is 1. The molecule has 0 spiro atoms. The normalized spacial score (nSPS) is 12.7. The van der Waals surface area contributed by atoms with Crippen LogP contribution in [0.3, 0.4) is 0 Å². The van der Waals surface area contributed by atoms with Crippen LogP contribution in [0.15, 0.2) is 33.3 Å². The number of thiophene rings is 1. The molecule has 0 fully saturated rings. The summed E-state index contributed by atoms with van der Waals surface area (Å²) in [5.41, 5.74) is 3.70. The summed E-state index contributed by atoms with van der Waals surface area (Å²) in [4.78, 5) is 6.82. The second-order valence-electron chi connectivity index (χ2n) is 3.57. The molecule has 2 aromatic rings. The first-order valence-electron chi connectivity index (χ1n) is 4.95. The van der Waals surface area contributed by atoms with Crippen molar-refractivity contribution in [3.63, 3.8) is 0 Å². The third-order valence-electron chi connectivity index (χ3n) is 2.32. The summed E-state index contributed by atoms with van der Waals surface area (Å²) < 4.78 is 1.87. The van der Waals surface area contributed by atoms with Crippen molar-refractivity contribution in [1.29, 1.82) is 0 Å². The summed E-state index contributed by atoms with van der Waals surface area (Å²) in [5, 5.41) is 0. The Morgan fingerprint density at radius 3 is 2.71 bits per heavy atom. The molecule has 17 heavy (non-hydrogen) atoms. The van der Waals surface area contributed by atoms with Crippen molar-refractivity contribution in [2.24, 2.45) is 5.84 Å². The van der Waals surface area contributed by atoms with Crippen LogP contribution in [0.25, 0.3) is 0 Å². The number of nitrogens with zero attached hydrogens (tertiary/aromatic N) is 1. The molecule has 1 atom stereocenters. The maximum absolute atomic E-state index is 5.64. The fourth-order valence-corrected chi connectivity index (χ4v) is 3.70. The van der Waals surface area contributed by atoms with Crippen molar-refractivity contribution in [2.75, 3.05) is 0 Å². The molecular weight excluding hydrogens is 366 g/mol. The van der Waals surface area contributed by atoms with E-state index < -0.39 is 0 Å². The highest BCUT2D eigenvalue weighted by Crippen LogP contribution is 2.31. The second kappa shape index (κ2) is 5.58. The molecule has 0 aliphatic rings. The van der Waals surface area contributed by atoms with Crippen LogP contribution in [0.4, 0.5) is 0 Å². The molecule has 90 valence electrons. The van der Waals surface area contributed by atoms with Gasteiger partial charge in [0.05, 0.1) is 11.7 Å². The number of hydrogen-bond donors (Lipinski definition) is 2. The Bertz CT molecular complexity index is 527. The van der Waals surface area contributed by atoms with Gasteiger partial charge in [0, 0.05) is 24.9 Å². The molecule has 0 bridgehead atoms. The molecule has 0 saturated carbocycles. The third-order valence-corrected chi connectivity index (χ3v) is 4.46. The Hall–Kier alpha value is -0.270. The highest BCUT2D eigenvalue weighted by Gasteiger charge is 2.18. The number of aromatic nitrogens is 1. The van der Waals surface area contributed by atoms with Crippen molar-refractivity contribution in [3.05, 3.63) is 48.8 Å². The van der Waals surface area contributed by atoms with E-state index in [0.29, 0.717) is 0 Å². The Labute approximate surface area is 121 Å². The van der Waals surface area contributed by atoms with Gasteiger partial charge in [-0.25, -0.2) is 5.43 Å². The molecule has 3 nitrogen and oxygen atoms in total. The molecule has 2 rings (SSSR count). The number of pyridine rings is 1. The van der Waals surface area contributed by atoms with E-state index in [1.807, 2.05) is 6.07 Å². The maximum atomic E-state index is 5.64. The van der Waals surface area contributed by atoms with Crippen LogP contribution in [0, 0.1) is 6.92 Å².